The van der Waals surface area contributed by atoms with E-state index < -0.39 is 0 Å². The zero-order valence-corrected chi connectivity index (χ0v) is 15.7. The Morgan fingerprint density at radius 1 is 0.759 bits per heavy atom. The van der Waals surface area contributed by atoms with E-state index in [9.17, 15) is 0 Å². The van der Waals surface area contributed by atoms with E-state index >= 15 is 0 Å². The molecule has 0 unspecified atom stereocenters. The molecule has 0 atom stereocenters. The lowest BCUT2D eigenvalue weighted by atomic mass is 10.3. The largest absolute Gasteiger partial charge is 0.497 e. The van der Waals surface area contributed by atoms with Crippen molar-refractivity contribution in [3.63, 3.8) is 0 Å². The third-order valence-electron chi connectivity index (χ3n) is 4.03. The Bertz CT molecular complexity index is 1070. The second-order valence-electron chi connectivity index (χ2n) is 6.05. The summed E-state index contributed by atoms with van der Waals surface area (Å²) in [5.74, 6) is 3.13. The van der Waals surface area contributed by atoms with Crippen LogP contribution in [0.2, 0.25) is 0 Å². The molecule has 144 valence electrons. The lowest BCUT2D eigenvalue weighted by Crippen LogP contribution is -2.03. The highest BCUT2D eigenvalue weighted by Crippen LogP contribution is 2.31. The van der Waals surface area contributed by atoms with Gasteiger partial charge in [-0.15, -0.1) is 5.10 Å². The smallest absolute Gasteiger partial charge is 0.249 e. The minimum absolute atomic E-state index is 0.377. The maximum absolute atomic E-state index is 5.98. The summed E-state index contributed by atoms with van der Waals surface area (Å²) in [6, 6.07) is 24.7. The lowest BCUT2D eigenvalue weighted by molar-refractivity contribution is 0.415. The van der Waals surface area contributed by atoms with Crippen molar-refractivity contribution < 1.29 is 9.47 Å². The molecule has 0 spiro atoms. The van der Waals surface area contributed by atoms with E-state index in [0.29, 0.717) is 17.5 Å². The van der Waals surface area contributed by atoms with Crippen LogP contribution in [-0.4, -0.2) is 22.3 Å². The van der Waals surface area contributed by atoms with Gasteiger partial charge in [0, 0.05) is 5.69 Å². The highest BCUT2D eigenvalue weighted by atomic mass is 16.5. The summed E-state index contributed by atoms with van der Waals surface area (Å²) in [6.45, 7) is 0. The molecule has 29 heavy (non-hydrogen) atoms. The van der Waals surface area contributed by atoms with Gasteiger partial charge < -0.3 is 20.1 Å². The molecule has 7 nitrogen and oxygen atoms in total. The van der Waals surface area contributed by atoms with Crippen LogP contribution in [0.1, 0.15) is 0 Å². The first-order valence-electron chi connectivity index (χ1n) is 9.00. The van der Waals surface area contributed by atoms with Crippen molar-refractivity contribution in [3.05, 3.63) is 85.1 Å². The standard InChI is InChI=1S/C22H19N5O2/c1-28-17-13-11-16(12-14-17)24-22-26-21(15-23-27-22)25-19-9-5-6-10-20(19)29-18-7-3-2-4-8-18/h2-15H,1H3,(H2,24,25,26,27). The molecule has 1 heterocycles. The number of methoxy groups -OCH3 is 1. The maximum Gasteiger partial charge on any atom is 0.249 e. The van der Waals surface area contributed by atoms with E-state index in [2.05, 4.69) is 25.8 Å². The van der Waals surface area contributed by atoms with Crippen molar-refractivity contribution in [1.82, 2.24) is 15.2 Å². The highest BCUT2D eigenvalue weighted by Gasteiger charge is 2.07. The van der Waals surface area contributed by atoms with Crippen LogP contribution in [0.25, 0.3) is 0 Å². The first-order valence-corrected chi connectivity index (χ1v) is 9.00. The molecular formula is C22H19N5O2. The number of hydrogen-bond donors (Lipinski definition) is 2. The molecule has 0 aliphatic carbocycles. The van der Waals surface area contributed by atoms with Gasteiger partial charge in [0.25, 0.3) is 0 Å². The first kappa shape index (κ1) is 18.2. The number of hydrogen-bond acceptors (Lipinski definition) is 7. The number of anilines is 4. The van der Waals surface area contributed by atoms with E-state index in [1.54, 1.807) is 13.3 Å². The van der Waals surface area contributed by atoms with Gasteiger partial charge in [-0.25, -0.2) is 0 Å². The van der Waals surface area contributed by atoms with E-state index in [-0.39, 0.29) is 0 Å². The van der Waals surface area contributed by atoms with Crippen molar-refractivity contribution >= 4 is 23.1 Å². The summed E-state index contributed by atoms with van der Waals surface area (Å²) in [7, 11) is 1.63. The van der Waals surface area contributed by atoms with Gasteiger partial charge in [0.2, 0.25) is 5.95 Å². The van der Waals surface area contributed by atoms with Crippen molar-refractivity contribution in [2.45, 2.75) is 0 Å². The fourth-order valence-corrected chi connectivity index (χ4v) is 2.63. The molecule has 0 saturated heterocycles. The quantitative estimate of drug-likeness (QED) is 0.455. The lowest BCUT2D eigenvalue weighted by Gasteiger charge is -2.13. The summed E-state index contributed by atoms with van der Waals surface area (Å²) in [5.41, 5.74) is 1.60. The Labute approximate surface area is 168 Å². The maximum atomic E-state index is 5.98. The second kappa shape index (κ2) is 8.71. The molecule has 7 heteroatoms. The Morgan fingerprint density at radius 2 is 1.52 bits per heavy atom. The van der Waals surface area contributed by atoms with Gasteiger partial charge in [-0.05, 0) is 48.5 Å². The van der Waals surface area contributed by atoms with Crippen LogP contribution >= 0.6 is 0 Å². The molecule has 4 rings (SSSR count). The van der Waals surface area contributed by atoms with Gasteiger partial charge in [0.15, 0.2) is 11.6 Å². The van der Waals surface area contributed by atoms with Crippen LogP contribution in [0.3, 0.4) is 0 Å². The Balaban J connectivity index is 1.51. The predicted molar refractivity (Wildman–Crippen MR) is 112 cm³/mol. The average Bonchev–Trinajstić information content (AvgIpc) is 2.77. The SMILES string of the molecule is COc1ccc(Nc2nncc(Nc3ccccc3Oc3ccccc3)n2)cc1. The molecule has 2 N–H and O–H groups in total. The molecule has 1 aromatic heterocycles. The summed E-state index contributed by atoms with van der Waals surface area (Å²) in [5, 5.41) is 14.4. The van der Waals surface area contributed by atoms with Crippen LogP contribution in [-0.2, 0) is 0 Å². The topological polar surface area (TPSA) is 81.2 Å². The van der Waals surface area contributed by atoms with Crippen molar-refractivity contribution in [2.75, 3.05) is 17.7 Å². The van der Waals surface area contributed by atoms with Crippen molar-refractivity contribution in [2.24, 2.45) is 0 Å². The third kappa shape index (κ3) is 4.78. The minimum Gasteiger partial charge on any atom is -0.497 e. The fourth-order valence-electron chi connectivity index (χ4n) is 2.63. The monoisotopic (exact) mass is 385 g/mol. The fraction of sp³-hybridized carbons (Fsp3) is 0.0455. The van der Waals surface area contributed by atoms with Crippen LogP contribution in [0, 0.1) is 0 Å². The van der Waals surface area contributed by atoms with Gasteiger partial charge in [0.05, 0.1) is 19.0 Å². The Morgan fingerprint density at radius 3 is 2.31 bits per heavy atom. The summed E-state index contributed by atoms with van der Waals surface area (Å²) in [4.78, 5) is 4.47. The van der Waals surface area contributed by atoms with E-state index in [0.717, 1.165) is 22.9 Å². The average molecular weight is 385 g/mol. The molecule has 0 aliphatic rings. The van der Waals surface area contributed by atoms with Crippen LogP contribution in [0.15, 0.2) is 85.1 Å². The summed E-state index contributed by atoms with van der Waals surface area (Å²) in [6.07, 6.45) is 1.55. The van der Waals surface area contributed by atoms with Gasteiger partial charge in [0.1, 0.15) is 11.5 Å². The molecule has 4 aromatic rings. The predicted octanol–water partition coefficient (Wildman–Crippen LogP) is 5.16. The van der Waals surface area contributed by atoms with Crippen molar-refractivity contribution in [3.8, 4) is 17.2 Å². The second-order valence-corrected chi connectivity index (χ2v) is 6.05. The van der Waals surface area contributed by atoms with E-state index in [1.807, 2.05) is 78.9 Å². The van der Waals surface area contributed by atoms with E-state index in [1.165, 1.54) is 0 Å². The van der Waals surface area contributed by atoms with Crippen LogP contribution in [0.5, 0.6) is 17.2 Å². The van der Waals surface area contributed by atoms with Gasteiger partial charge >= 0.3 is 0 Å². The molecule has 0 bridgehead atoms. The Kier molecular flexibility index (Phi) is 5.48. The molecule has 0 saturated carbocycles. The highest BCUT2D eigenvalue weighted by molar-refractivity contribution is 5.65. The van der Waals surface area contributed by atoms with Crippen LogP contribution < -0.4 is 20.1 Å². The summed E-state index contributed by atoms with van der Waals surface area (Å²) >= 11 is 0. The molecular weight excluding hydrogens is 366 g/mol. The van der Waals surface area contributed by atoms with Gasteiger partial charge in [-0.2, -0.15) is 10.1 Å². The number of nitrogens with one attached hydrogen (secondary N) is 2. The number of para-hydroxylation sites is 3. The molecule has 0 radical (unpaired) electrons. The summed E-state index contributed by atoms with van der Waals surface area (Å²) < 4.78 is 11.1. The Hall–Kier alpha value is -4.13. The number of rotatable bonds is 7. The van der Waals surface area contributed by atoms with Gasteiger partial charge in [-0.3, -0.25) is 0 Å². The minimum atomic E-state index is 0.377. The third-order valence-corrected chi connectivity index (χ3v) is 4.03. The normalized spacial score (nSPS) is 10.2. The number of aromatic nitrogens is 3. The zero-order valence-electron chi connectivity index (χ0n) is 15.7. The molecule has 0 fully saturated rings. The van der Waals surface area contributed by atoms with Crippen molar-refractivity contribution in [1.29, 1.82) is 0 Å². The number of nitrogens with zero attached hydrogens (tertiary/aromatic N) is 3. The zero-order chi connectivity index (χ0) is 19.9. The van der Waals surface area contributed by atoms with Gasteiger partial charge in [-0.1, -0.05) is 30.3 Å². The molecule has 0 aliphatic heterocycles. The van der Waals surface area contributed by atoms with Crippen LogP contribution in [0.4, 0.5) is 23.1 Å². The number of ether oxygens (including phenoxy) is 2. The molecule has 3 aromatic carbocycles. The van der Waals surface area contributed by atoms with E-state index in [4.69, 9.17) is 9.47 Å². The number of benzene rings is 3. The molecule has 0 amide bonds. The first-order chi connectivity index (χ1) is 14.3.